The summed E-state index contributed by atoms with van der Waals surface area (Å²) in [4.78, 5) is 14.3. The van der Waals surface area contributed by atoms with Gasteiger partial charge in [-0.25, -0.2) is 0 Å². The highest BCUT2D eigenvalue weighted by Gasteiger charge is 2.29. The number of amides is 1. The molecule has 5 nitrogen and oxygen atoms in total. The second-order valence-corrected chi connectivity index (χ2v) is 5.77. The van der Waals surface area contributed by atoms with Gasteiger partial charge in [0.25, 0.3) is 5.91 Å². The molecule has 0 aliphatic carbocycles. The van der Waals surface area contributed by atoms with E-state index in [1.54, 1.807) is 0 Å². The summed E-state index contributed by atoms with van der Waals surface area (Å²) in [5, 5.41) is 0. The van der Waals surface area contributed by atoms with Gasteiger partial charge in [-0.15, -0.1) is 12.4 Å². The third kappa shape index (κ3) is 5.29. The molecule has 2 rings (SSSR count). The van der Waals surface area contributed by atoms with Crippen molar-refractivity contribution in [2.45, 2.75) is 32.7 Å². The molecule has 0 saturated carbocycles. The summed E-state index contributed by atoms with van der Waals surface area (Å²) in [6.45, 7) is 5.98. The molecule has 2 N–H and O–H groups in total. The topological polar surface area (TPSA) is 64.8 Å². The Morgan fingerprint density at radius 2 is 1.96 bits per heavy atom. The molecule has 1 amide bonds. The average molecular weight is 343 g/mol. The number of hydrogen-bond donors (Lipinski definition) is 1. The number of para-hydroxylation sites is 2. The number of hydrogen-bond acceptors (Lipinski definition) is 4. The molecule has 0 spiro atoms. The first kappa shape index (κ1) is 19.6. The fourth-order valence-electron chi connectivity index (χ4n) is 2.87. The summed E-state index contributed by atoms with van der Waals surface area (Å²) in [6, 6.07) is 7.54. The maximum atomic E-state index is 12.4. The van der Waals surface area contributed by atoms with Crippen LogP contribution < -0.4 is 15.2 Å². The van der Waals surface area contributed by atoms with Gasteiger partial charge in [-0.05, 0) is 37.8 Å². The van der Waals surface area contributed by atoms with Gasteiger partial charge in [-0.3, -0.25) is 4.79 Å². The standard InChI is InChI=1S/C17H26N2O3.ClH/c1-3-21-15-6-4-5-7-16(15)22-12-17(20)19-9-8-13(2)10-14(19)11-18;/h4-7,13-14H,3,8-12,18H2,1-2H3;1H. The van der Waals surface area contributed by atoms with Crippen molar-refractivity contribution in [3.05, 3.63) is 24.3 Å². The van der Waals surface area contributed by atoms with E-state index in [2.05, 4.69) is 6.92 Å². The maximum Gasteiger partial charge on any atom is 0.260 e. The molecule has 0 aromatic heterocycles. The van der Waals surface area contributed by atoms with Gasteiger partial charge in [0.1, 0.15) is 0 Å². The van der Waals surface area contributed by atoms with E-state index < -0.39 is 0 Å². The molecule has 1 aromatic rings. The van der Waals surface area contributed by atoms with E-state index in [-0.39, 0.29) is 31.0 Å². The molecule has 130 valence electrons. The lowest BCUT2D eigenvalue weighted by Crippen LogP contribution is -2.50. The second kappa shape index (κ2) is 9.63. The monoisotopic (exact) mass is 342 g/mol. The van der Waals surface area contributed by atoms with Crippen molar-refractivity contribution in [2.24, 2.45) is 11.7 Å². The van der Waals surface area contributed by atoms with Crippen LogP contribution in [0.15, 0.2) is 24.3 Å². The minimum atomic E-state index is -0.00588. The molecule has 1 aliphatic heterocycles. The van der Waals surface area contributed by atoms with Crippen LogP contribution in [0.5, 0.6) is 11.5 Å². The first-order chi connectivity index (χ1) is 10.7. The van der Waals surface area contributed by atoms with E-state index in [0.29, 0.717) is 30.6 Å². The highest BCUT2D eigenvalue weighted by molar-refractivity contribution is 5.85. The van der Waals surface area contributed by atoms with Gasteiger partial charge in [0.15, 0.2) is 18.1 Å². The Labute approximate surface area is 144 Å². The SMILES string of the molecule is CCOc1ccccc1OCC(=O)N1CCC(C)CC1CN.Cl. The molecular formula is C17H27ClN2O3. The van der Waals surface area contributed by atoms with Gasteiger partial charge in [-0.2, -0.15) is 0 Å². The Morgan fingerprint density at radius 3 is 2.57 bits per heavy atom. The first-order valence-corrected chi connectivity index (χ1v) is 7.99. The quantitative estimate of drug-likeness (QED) is 0.862. The number of ether oxygens (including phenoxy) is 2. The minimum Gasteiger partial charge on any atom is -0.490 e. The Morgan fingerprint density at radius 1 is 1.30 bits per heavy atom. The fraction of sp³-hybridized carbons (Fsp3) is 0.588. The molecular weight excluding hydrogens is 316 g/mol. The third-order valence-corrected chi connectivity index (χ3v) is 4.07. The van der Waals surface area contributed by atoms with E-state index in [4.69, 9.17) is 15.2 Å². The predicted molar refractivity (Wildman–Crippen MR) is 93.3 cm³/mol. The molecule has 1 saturated heterocycles. The maximum absolute atomic E-state index is 12.4. The predicted octanol–water partition coefficient (Wildman–Crippen LogP) is 2.47. The largest absolute Gasteiger partial charge is 0.490 e. The van der Waals surface area contributed by atoms with Crippen molar-refractivity contribution in [2.75, 3.05) is 26.3 Å². The van der Waals surface area contributed by atoms with Crippen molar-refractivity contribution in [3.8, 4) is 11.5 Å². The third-order valence-electron chi connectivity index (χ3n) is 4.07. The molecule has 2 atom stereocenters. The number of nitrogens with zero attached hydrogens (tertiary/aromatic N) is 1. The van der Waals surface area contributed by atoms with Crippen LogP contribution in [0.4, 0.5) is 0 Å². The zero-order valence-corrected chi connectivity index (χ0v) is 14.7. The fourth-order valence-corrected chi connectivity index (χ4v) is 2.87. The average Bonchev–Trinajstić information content (AvgIpc) is 2.54. The molecule has 1 aliphatic rings. The summed E-state index contributed by atoms with van der Waals surface area (Å²) >= 11 is 0. The Balaban J connectivity index is 0.00000264. The highest BCUT2D eigenvalue weighted by Crippen LogP contribution is 2.27. The number of nitrogens with two attached hydrogens (primary N) is 1. The number of rotatable bonds is 6. The summed E-state index contributed by atoms with van der Waals surface area (Å²) in [7, 11) is 0. The van der Waals surface area contributed by atoms with Gasteiger partial charge < -0.3 is 20.1 Å². The van der Waals surface area contributed by atoms with Gasteiger partial charge in [-0.1, -0.05) is 19.1 Å². The number of piperidine rings is 1. The van der Waals surface area contributed by atoms with Gasteiger partial charge in [0.05, 0.1) is 6.61 Å². The van der Waals surface area contributed by atoms with Gasteiger partial charge >= 0.3 is 0 Å². The highest BCUT2D eigenvalue weighted by atomic mass is 35.5. The molecule has 2 unspecified atom stereocenters. The van der Waals surface area contributed by atoms with Gasteiger partial charge in [0, 0.05) is 19.1 Å². The summed E-state index contributed by atoms with van der Waals surface area (Å²) in [5.74, 6) is 1.89. The van der Waals surface area contributed by atoms with Crippen LogP contribution in [0.3, 0.4) is 0 Å². The second-order valence-electron chi connectivity index (χ2n) is 5.77. The molecule has 1 fully saturated rings. The van der Waals surface area contributed by atoms with Crippen molar-refractivity contribution in [1.29, 1.82) is 0 Å². The lowest BCUT2D eigenvalue weighted by Gasteiger charge is -2.37. The number of benzene rings is 1. The van der Waals surface area contributed by atoms with E-state index in [1.807, 2.05) is 36.1 Å². The normalized spacial score (nSPS) is 20.6. The zero-order chi connectivity index (χ0) is 15.9. The van der Waals surface area contributed by atoms with E-state index in [0.717, 1.165) is 19.4 Å². The van der Waals surface area contributed by atoms with Crippen molar-refractivity contribution in [1.82, 2.24) is 4.90 Å². The lowest BCUT2D eigenvalue weighted by atomic mass is 9.92. The van der Waals surface area contributed by atoms with Crippen LogP contribution in [0.2, 0.25) is 0 Å². The number of halogens is 1. The molecule has 6 heteroatoms. The van der Waals surface area contributed by atoms with Crippen molar-refractivity contribution < 1.29 is 14.3 Å². The summed E-state index contributed by atoms with van der Waals surface area (Å²) in [5.41, 5.74) is 5.81. The van der Waals surface area contributed by atoms with Crippen LogP contribution in [0.25, 0.3) is 0 Å². The summed E-state index contributed by atoms with van der Waals surface area (Å²) < 4.78 is 11.2. The number of carbonyl (C=O) groups is 1. The molecule has 23 heavy (non-hydrogen) atoms. The van der Waals surface area contributed by atoms with E-state index in [9.17, 15) is 4.79 Å². The first-order valence-electron chi connectivity index (χ1n) is 7.99. The minimum absolute atomic E-state index is 0. The van der Waals surface area contributed by atoms with Crippen molar-refractivity contribution >= 4 is 18.3 Å². The van der Waals surface area contributed by atoms with E-state index in [1.165, 1.54) is 0 Å². The zero-order valence-electron chi connectivity index (χ0n) is 13.9. The van der Waals surface area contributed by atoms with Crippen LogP contribution in [0, 0.1) is 5.92 Å². The van der Waals surface area contributed by atoms with Gasteiger partial charge in [0.2, 0.25) is 0 Å². The van der Waals surface area contributed by atoms with Crippen LogP contribution in [-0.4, -0.2) is 43.2 Å². The molecule has 1 aromatic carbocycles. The summed E-state index contributed by atoms with van der Waals surface area (Å²) in [6.07, 6.45) is 2.00. The van der Waals surface area contributed by atoms with Crippen molar-refractivity contribution in [3.63, 3.8) is 0 Å². The smallest absolute Gasteiger partial charge is 0.260 e. The van der Waals surface area contributed by atoms with Crippen LogP contribution >= 0.6 is 12.4 Å². The Hall–Kier alpha value is -1.46. The van der Waals surface area contributed by atoms with Crippen LogP contribution in [-0.2, 0) is 4.79 Å². The molecule has 1 heterocycles. The molecule has 0 radical (unpaired) electrons. The Bertz CT molecular complexity index is 498. The number of carbonyl (C=O) groups excluding carboxylic acids is 1. The van der Waals surface area contributed by atoms with E-state index >= 15 is 0 Å². The lowest BCUT2D eigenvalue weighted by molar-refractivity contribution is -0.137. The van der Waals surface area contributed by atoms with Crippen LogP contribution in [0.1, 0.15) is 26.7 Å². The Kier molecular flexibility index (Phi) is 8.20. The molecule has 0 bridgehead atoms. The number of likely N-dealkylation sites (tertiary alicyclic amines) is 1.